The van der Waals surface area contributed by atoms with Gasteiger partial charge in [0.2, 0.25) is 5.89 Å². The molecule has 0 amide bonds. The monoisotopic (exact) mass is 381 g/mol. The highest BCUT2D eigenvalue weighted by molar-refractivity contribution is 7.86. The van der Waals surface area contributed by atoms with E-state index in [0.717, 1.165) is 18.4 Å². The fourth-order valence-corrected chi connectivity index (χ4v) is 4.58. The second kappa shape index (κ2) is 7.09. The van der Waals surface area contributed by atoms with Crippen LogP contribution >= 0.6 is 0 Å². The van der Waals surface area contributed by atoms with Crippen molar-refractivity contribution in [3.63, 3.8) is 0 Å². The fourth-order valence-electron chi connectivity index (χ4n) is 3.31. The molecule has 1 aromatic heterocycles. The summed E-state index contributed by atoms with van der Waals surface area (Å²) in [6.45, 7) is 2.79. The molecule has 3 rings (SSSR count). The van der Waals surface area contributed by atoms with Crippen LogP contribution in [0.15, 0.2) is 34.9 Å². The maximum absolute atomic E-state index is 13.3. The normalized spacial score (nSPS) is 22.0. The quantitative estimate of drug-likeness (QED) is 0.798. The number of benzene rings is 1. The van der Waals surface area contributed by atoms with Crippen LogP contribution in [0.25, 0.3) is 0 Å². The van der Waals surface area contributed by atoms with E-state index in [4.69, 9.17) is 4.42 Å². The van der Waals surface area contributed by atoms with Crippen molar-refractivity contribution in [2.45, 2.75) is 31.6 Å². The summed E-state index contributed by atoms with van der Waals surface area (Å²) in [5.74, 6) is 0.882. The minimum atomic E-state index is -3.47. The van der Waals surface area contributed by atoms with Gasteiger partial charge in [-0.25, -0.2) is 9.37 Å². The molecule has 0 spiro atoms. The SMILES string of the molecule is CN(C)S(=O)(=O)N1CCCC(C)(c2ncc(Cc3cccc(F)c3)o2)C1. The number of rotatable bonds is 5. The largest absolute Gasteiger partial charge is 0.445 e. The first-order valence-electron chi connectivity index (χ1n) is 8.58. The van der Waals surface area contributed by atoms with Crippen molar-refractivity contribution in [1.29, 1.82) is 0 Å². The predicted octanol–water partition coefficient (Wildman–Crippen LogP) is 2.56. The zero-order valence-electron chi connectivity index (χ0n) is 15.3. The van der Waals surface area contributed by atoms with Crippen molar-refractivity contribution < 1.29 is 17.2 Å². The number of piperidine rings is 1. The summed E-state index contributed by atoms with van der Waals surface area (Å²) in [6, 6.07) is 6.36. The highest BCUT2D eigenvalue weighted by Crippen LogP contribution is 2.35. The molecule has 1 saturated heterocycles. The summed E-state index contributed by atoms with van der Waals surface area (Å²) in [4.78, 5) is 4.40. The Bertz CT molecular complexity index is 881. The van der Waals surface area contributed by atoms with Crippen molar-refractivity contribution in [1.82, 2.24) is 13.6 Å². The van der Waals surface area contributed by atoms with E-state index in [0.29, 0.717) is 31.2 Å². The average molecular weight is 381 g/mol. The third kappa shape index (κ3) is 3.82. The highest BCUT2D eigenvalue weighted by Gasteiger charge is 2.41. The van der Waals surface area contributed by atoms with Crippen molar-refractivity contribution in [2.75, 3.05) is 27.2 Å². The zero-order chi connectivity index (χ0) is 18.9. The first-order chi connectivity index (χ1) is 12.2. The van der Waals surface area contributed by atoms with Crippen LogP contribution in [0.4, 0.5) is 4.39 Å². The molecule has 2 heterocycles. The Morgan fingerprint density at radius 3 is 2.85 bits per heavy atom. The molecule has 0 bridgehead atoms. The van der Waals surface area contributed by atoms with Gasteiger partial charge >= 0.3 is 0 Å². The van der Waals surface area contributed by atoms with E-state index in [2.05, 4.69) is 4.98 Å². The molecule has 0 saturated carbocycles. The lowest BCUT2D eigenvalue weighted by molar-refractivity contribution is 0.196. The Kier molecular flexibility index (Phi) is 5.18. The minimum Gasteiger partial charge on any atom is -0.445 e. The van der Waals surface area contributed by atoms with Gasteiger partial charge in [0.15, 0.2) is 0 Å². The molecule has 8 heteroatoms. The van der Waals surface area contributed by atoms with Crippen LogP contribution in [0.5, 0.6) is 0 Å². The average Bonchev–Trinajstić information content (AvgIpc) is 3.04. The Hall–Kier alpha value is -1.77. The summed E-state index contributed by atoms with van der Waals surface area (Å²) in [6.07, 6.45) is 3.63. The molecule has 142 valence electrons. The topological polar surface area (TPSA) is 66.7 Å². The number of hydrogen-bond donors (Lipinski definition) is 0. The lowest BCUT2D eigenvalue weighted by Gasteiger charge is -2.38. The molecule has 1 aliphatic rings. The molecule has 1 aromatic carbocycles. The van der Waals surface area contributed by atoms with E-state index < -0.39 is 15.6 Å². The van der Waals surface area contributed by atoms with Gasteiger partial charge in [0.25, 0.3) is 10.2 Å². The molecule has 0 N–H and O–H groups in total. The van der Waals surface area contributed by atoms with Crippen molar-refractivity contribution in [3.8, 4) is 0 Å². The van der Waals surface area contributed by atoms with Gasteiger partial charge in [-0.3, -0.25) is 0 Å². The minimum absolute atomic E-state index is 0.286. The molecule has 2 aromatic rings. The number of halogens is 1. The maximum atomic E-state index is 13.3. The Morgan fingerprint density at radius 1 is 1.38 bits per heavy atom. The second-order valence-electron chi connectivity index (χ2n) is 7.23. The standard InChI is InChI=1S/C18H24FN3O3S/c1-18(8-5-9-22(13-18)26(23,24)21(2)3)17-20-12-16(25-17)11-14-6-4-7-15(19)10-14/h4,6-7,10,12H,5,8-9,11,13H2,1-3H3. The van der Waals surface area contributed by atoms with Crippen LogP contribution < -0.4 is 0 Å². The smallest absolute Gasteiger partial charge is 0.281 e. The molecule has 0 aliphatic carbocycles. The van der Waals surface area contributed by atoms with E-state index in [1.807, 2.05) is 13.0 Å². The first kappa shape index (κ1) is 19.0. The van der Waals surface area contributed by atoms with Gasteiger partial charge in [0.05, 0.1) is 11.6 Å². The Labute approximate surface area is 153 Å². The predicted molar refractivity (Wildman–Crippen MR) is 96.5 cm³/mol. The fraction of sp³-hybridized carbons (Fsp3) is 0.500. The lowest BCUT2D eigenvalue weighted by atomic mass is 9.83. The molecule has 1 fully saturated rings. The van der Waals surface area contributed by atoms with Crippen LogP contribution in [-0.2, 0) is 22.0 Å². The molecule has 1 aliphatic heterocycles. The van der Waals surface area contributed by atoms with E-state index in [1.54, 1.807) is 12.3 Å². The third-order valence-corrected chi connectivity index (χ3v) is 6.67. The number of oxazole rings is 1. The second-order valence-corrected chi connectivity index (χ2v) is 9.37. The Morgan fingerprint density at radius 2 is 2.15 bits per heavy atom. The van der Waals surface area contributed by atoms with Crippen molar-refractivity contribution in [2.24, 2.45) is 0 Å². The molecule has 0 radical (unpaired) electrons. The summed E-state index contributed by atoms with van der Waals surface area (Å²) < 4.78 is 46.9. The zero-order valence-corrected chi connectivity index (χ0v) is 16.1. The first-order valence-corrected chi connectivity index (χ1v) is 9.98. The van der Waals surface area contributed by atoms with Crippen LogP contribution in [0, 0.1) is 5.82 Å². The van der Waals surface area contributed by atoms with Crippen LogP contribution in [-0.4, -0.2) is 49.2 Å². The lowest BCUT2D eigenvalue weighted by Crippen LogP contribution is -2.50. The van der Waals surface area contributed by atoms with Crippen molar-refractivity contribution >= 4 is 10.2 Å². The van der Waals surface area contributed by atoms with Gasteiger partial charge in [-0.1, -0.05) is 12.1 Å². The molecule has 1 atom stereocenters. The van der Waals surface area contributed by atoms with Gasteiger partial charge in [-0.2, -0.15) is 17.0 Å². The van der Waals surface area contributed by atoms with Gasteiger partial charge in [-0.15, -0.1) is 0 Å². The van der Waals surface area contributed by atoms with Gasteiger partial charge in [-0.05, 0) is 37.5 Å². The molecule has 26 heavy (non-hydrogen) atoms. The van der Waals surface area contributed by atoms with Gasteiger partial charge in [0.1, 0.15) is 11.6 Å². The highest BCUT2D eigenvalue weighted by atomic mass is 32.2. The molecular formula is C18H24FN3O3S. The van der Waals surface area contributed by atoms with Crippen LogP contribution in [0.3, 0.4) is 0 Å². The summed E-state index contributed by atoms with van der Waals surface area (Å²) in [5, 5.41) is 0. The summed E-state index contributed by atoms with van der Waals surface area (Å²) >= 11 is 0. The molecule has 6 nitrogen and oxygen atoms in total. The van der Waals surface area contributed by atoms with Crippen molar-refractivity contribution in [3.05, 3.63) is 53.5 Å². The van der Waals surface area contributed by atoms with E-state index >= 15 is 0 Å². The van der Waals surface area contributed by atoms with E-state index in [-0.39, 0.29) is 5.82 Å². The maximum Gasteiger partial charge on any atom is 0.281 e. The Balaban J connectivity index is 1.79. The van der Waals surface area contributed by atoms with Gasteiger partial charge < -0.3 is 4.42 Å². The van der Waals surface area contributed by atoms with E-state index in [9.17, 15) is 12.8 Å². The molecule has 1 unspecified atom stereocenters. The van der Waals surface area contributed by atoms with Crippen LogP contribution in [0.1, 0.15) is 37.0 Å². The molecular weight excluding hydrogens is 357 g/mol. The summed E-state index contributed by atoms with van der Waals surface area (Å²) in [5.41, 5.74) is 0.319. The van der Waals surface area contributed by atoms with E-state index in [1.165, 1.54) is 34.8 Å². The van der Waals surface area contributed by atoms with Crippen LogP contribution in [0.2, 0.25) is 0 Å². The number of aromatic nitrogens is 1. The summed E-state index contributed by atoms with van der Waals surface area (Å²) in [7, 11) is -0.407. The van der Waals surface area contributed by atoms with Gasteiger partial charge in [0, 0.05) is 33.6 Å². The number of hydrogen-bond acceptors (Lipinski definition) is 4. The third-order valence-electron chi connectivity index (χ3n) is 4.79. The number of nitrogens with zero attached hydrogens (tertiary/aromatic N) is 3.